The molecule has 4 rings (SSSR count). The van der Waals surface area contributed by atoms with E-state index in [0.29, 0.717) is 11.3 Å². The highest BCUT2D eigenvalue weighted by atomic mass is 32.2. The first-order valence-corrected chi connectivity index (χ1v) is 10.0. The molecule has 1 saturated heterocycles. The summed E-state index contributed by atoms with van der Waals surface area (Å²) >= 11 is 1.50. The monoisotopic (exact) mass is 386 g/mol. The van der Waals surface area contributed by atoms with Crippen LogP contribution in [0.15, 0.2) is 68.9 Å². The fourth-order valence-electron chi connectivity index (χ4n) is 2.87. The van der Waals surface area contributed by atoms with Crippen molar-refractivity contribution in [2.24, 2.45) is 5.14 Å². The van der Waals surface area contributed by atoms with Gasteiger partial charge < -0.3 is 5.32 Å². The predicted molar refractivity (Wildman–Crippen MR) is 101 cm³/mol. The fraction of sp³-hybridized carbons (Fsp3) is 0.0588. The zero-order valence-corrected chi connectivity index (χ0v) is 15.0. The van der Waals surface area contributed by atoms with Crippen molar-refractivity contribution in [1.29, 1.82) is 5.41 Å². The molecule has 132 valence electrons. The summed E-state index contributed by atoms with van der Waals surface area (Å²) in [5, 5.41) is 17.5. The molecule has 4 N–H and O–H groups in total. The van der Waals surface area contributed by atoms with Crippen LogP contribution in [0.5, 0.6) is 0 Å². The van der Waals surface area contributed by atoms with E-state index in [1.807, 2.05) is 24.3 Å². The smallest absolute Gasteiger partial charge is 0.238 e. The zero-order chi connectivity index (χ0) is 18.5. The third-order valence-corrected chi connectivity index (χ3v) is 6.19. The van der Waals surface area contributed by atoms with Gasteiger partial charge in [0.15, 0.2) is 0 Å². The molecule has 0 unspecified atom stereocenters. The summed E-state index contributed by atoms with van der Waals surface area (Å²) in [7, 11) is -3.80. The van der Waals surface area contributed by atoms with Crippen molar-refractivity contribution < 1.29 is 13.2 Å². The lowest BCUT2D eigenvalue weighted by atomic mass is 10.2. The van der Waals surface area contributed by atoms with E-state index in [9.17, 15) is 13.2 Å². The summed E-state index contributed by atoms with van der Waals surface area (Å²) in [4.78, 5) is 14.8. The Bertz CT molecular complexity index is 1050. The maximum absolute atomic E-state index is 12.5. The van der Waals surface area contributed by atoms with Crippen molar-refractivity contribution in [3.05, 3.63) is 59.1 Å². The van der Waals surface area contributed by atoms with E-state index < -0.39 is 10.0 Å². The van der Waals surface area contributed by atoms with Crippen LogP contribution < -0.4 is 15.4 Å². The van der Waals surface area contributed by atoms with E-state index >= 15 is 0 Å². The molecule has 26 heavy (non-hydrogen) atoms. The number of amidine groups is 1. The second-order valence-corrected chi connectivity index (χ2v) is 8.44. The third kappa shape index (κ3) is 2.79. The molecule has 0 atom stereocenters. The number of sulfonamides is 1. The molecule has 2 heterocycles. The van der Waals surface area contributed by atoms with E-state index in [0.717, 1.165) is 15.6 Å². The molecule has 2 aromatic carbocycles. The summed E-state index contributed by atoms with van der Waals surface area (Å²) in [5.74, 6) is -0.152. The number of carbonyl (C=O) groups excluding carboxylic acids is 1. The first kappa shape index (κ1) is 16.8. The normalized spacial score (nSPS) is 19.7. The molecule has 1 amide bonds. The van der Waals surface area contributed by atoms with Gasteiger partial charge in [0.05, 0.1) is 27.7 Å². The number of thioether (sulfide) groups is 1. The Morgan fingerprint density at radius 2 is 1.81 bits per heavy atom. The van der Waals surface area contributed by atoms with Gasteiger partial charge in [-0.3, -0.25) is 15.1 Å². The number of primary sulfonamides is 1. The van der Waals surface area contributed by atoms with Gasteiger partial charge in [0.25, 0.3) is 0 Å². The standard InChI is InChI=1S/C17H14N4O3S2/c18-16-12(17-20-13-3-1-2-4-14(13)25-17)9-15(22)21(16)10-5-7-11(8-6-10)26(19,23)24/h1-8,18,20H,9H2,(H2,19,23,24)/b17-12+,18-16?. The lowest BCUT2D eigenvalue weighted by molar-refractivity contribution is -0.116. The maximum atomic E-state index is 12.5. The number of amides is 1. The van der Waals surface area contributed by atoms with Crippen molar-refractivity contribution in [2.75, 3.05) is 10.2 Å². The molecule has 7 nitrogen and oxygen atoms in total. The minimum Gasteiger partial charge on any atom is -0.349 e. The van der Waals surface area contributed by atoms with Crippen molar-refractivity contribution in [2.45, 2.75) is 16.2 Å². The van der Waals surface area contributed by atoms with Crippen LogP contribution in [-0.2, 0) is 14.8 Å². The number of rotatable bonds is 2. The van der Waals surface area contributed by atoms with Crippen LogP contribution in [0.3, 0.4) is 0 Å². The second kappa shape index (κ2) is 5.97. The number of nitrogens with two attached hydrogens (primary N) is 1. The van der Waals surface area contributed by atoms with Crippen LogP contribution in [0.1, 0.15) is 6.42 Å². The van der Waals surface area contributed by atoms with Gasteiger partial charge in [-0.1, -0.05) is 23.9 Å². The SMILES string of the molecule is N=C1/C(=C2\Nc3ccccc3S2)CC(=O)N1c1ccc(S(N)(=O)=O)cc1. The quantitative estimate of drug-likeness (QED) is 0.733. The molecular formula is C17H14N4O3S2. The fourth-order valence-corrected chi connectivity index (χ4v) is 4.44. The van der Waals surface area contributed by atoms with Gasteiger partial charge in [0, 0.05) is 10.5 Å². The molecule has 0 radical (unpaired) electrons. The number of benzene rings is 2. The van der Waals surface area contributed by atoms with Crippen molar-refractivity contribution in [3.63, 3.8) is 0 Å². The molecule has 0 saturated carbocycles. The van der Waals surface area contributed by atoms with Crippen LogP contribution in [-0.4, -0.2) is 20.2 Å². The van der Waals surface area contributed by atoms with E-state index in [2.05, 4.69) is 5.32 Å². The highest BCUT2D eigenvalue weighted by Crippen LogP contribution is 2.44. The molecule has 2 aliphatic rings. The van der Waals surface area contributed by atoms with Crippen molar-refractivity contribution in [3.8, 4) is 0 Å². The van der Waals surface area contributed by atoms with Crippen molar-refractivity contribution in [1.82, 2.24) is 0 Å². The Morgan fingerprint density at radius 3 is 2.46 bits per heavy atom. The molecule has 9 heteroatoms. The van der Waals surface area contributed by atoms with Gasteiger partial charge in [0.2, 0.25) is 15.9 Å². The highest BCUT2D eigenvalue weighted by Gasteiger charge is 2.36. The summed E-state index contributed by atoms with van der Waals surface area (Å²) in [6.07, 6.45) is 0.110. The van der Waals surface area contributed by atoms with Crippen LogP contribution in [0.25, 0.3) is 0 Å². The molecule has 2 aromatic rings. The number of hydrogen-bond acceptors (Lipinski definition) is 6. The van der Waals surface area contributed by atoms with Gasteiger partial charge in [-0.05, 0) is 36.4 Å². The number of para-hydroxylation sites is 1. The van der Waals surface area contributed by atoms with Gasteiger partial charge in [-0.15, -0.1) is 0 Å². The minimum atomic E-state index is -3.80. The Labute approximate surface area is 154 Å². The van der Waals surface area contributed by atoms with Crippen LogP contribution in [0.4, 0.5) is 11.4 Å². The predicted octanol–water partition coefficient (Wildman–Crippen LogP) is 2.48. The van der Waals surface area contributed by atoms with E-state index in [-0.39, 0.29) is 23.1 Å². The third-order valence-electron chi connectivity index (χ3n) is 4.13. The van der Waals surface area contributed by atoms with Gasteiger partial charge in [0.1, 0.15) is 5.84 Å². The lowest BCUT2D eigenvalue weighted by Crippen LogP contribution is -2.28. The number of anilines is 2. The highest BCUT2D eigenvalue weighted by molar-refractivity contribution is 8.03. The first-order valence-electron chi connectivity index (χ1n) is 7.66. The van der Waals surface area contributed by atoms with Crippen LogP contribution in [0, 0.1) is 5.41 Å². The van der Waals surface area contributed by atoms with E-state index in [1.54, 1.807) is 0 Å². The minimum absolute atomic E-state index is 0.0403. The Kier molecular flexibility index (Phi) is 3.87. The average molecular weight is 386 g/mol. The lowest BCUT2D eigenvalue weighted by Gasteiger charge is -2.16. The van der Waals surface area contributed by atoms with Gasteiger partial charge in [-0.25, -0.2) is 13.6 Å². The summed E-state index contributed by atoms with van der Waals surface area (Å²) in [6, 6.07) is 13.4. The molecular weight excluding hydrogens is 372 g/mol. The number of fused-ring (bicyclic) bond motifs is 1. The maximum Gasteiger partial charge on any atom is 0.238 e. The largest absolute Gasteiger partial charge is 0.349 e. The number of nitrogens with zero attached hydrogens (tertiary/aromatic N) is 1. The molecule has 2 aliphatic heterocycles. The zero-order valence-electron chi connectivity index (χ0n) is 13.4. The van der Waals surface area contributed by atoms with Crippen LogP contribution >= 0.6 is 11.8 Å². The molecule has 1 fully saturated rings. The topological polar surface area (TPSA) is 116 Å². The summed E-state index contributed by atoms with van der Waals surface area (Å²) < 4.78 is 22.7. The molecule has 0 spiro atoms. The van der Waals surface area contributed by atoms with Crippen LogP contribution in [0.2, 0.25) is 0 Å². The number of nitrogens with one attached hydrogen (secondary N) is 2. The Balaban J connectivity index is 1.66. The Hall–Kier alpha value is -2.62. The second-order valence-electron chi connectivity index (χ2n) is 5.82. The first-order chi connectivity index (χ1) is 12.3. The molecule has 0 aromatic heterocycles. The van der Waals surface area contributed by atoms with E-state index in [1.165, 1.54) is 40.9 Å². The average Bonchev–Trinajstić information content (AvgIpc) is 3.15. The Morgan fingerprint density at radius 1 is 1.12 bits per heavy atom. The molecule has 0 bridgehead atoms. The number of carbonyl (C=O) groups is 1. The van der Waals surface area contributed by atoms with Gasteiger partial charge in [-0.2, -0.15) is 0 Å². The van der Waals surface area contributed by atoms with Gasteiger partial charge >= 0.3 is 0 Å². The summed E-state index contributed by atoms with van der Waals surface area (Å²) in [6.45, 7) is 0. The number of hydrogen-bond donors (Lipinski definition) is 3. The summed E-state index contributed by atoms with van der Waals surface area (Å²) in [5.41, 5.74) is 2.01. The van der Waals surface area contributed by atoms with Crippen molar-refractivity contribution >= 4 is 44.9 Å². The molecule has 0 aliphatic carbocycles. The van der Waals surface area contributed by atoms with E-state index in [4.69, 9.17) is 10.5 Å².